The van der Waals surface area contributed by atoms with E-state index in [1.807, 2.05) is 65.6 Å². The minimum absolute atomic E-state index is 0.109. The van der Waals surface area contributed by atoms with E-state index in [1.165, 1.54) is 0 Å². The fourth-order valence-corrected chi connectivity index (χ4v) is 6.24. The molecule has 4 N–H and O–H groups in total. The predicted octanol–water partition coefficient (Wildman–Crippen LogP) is 5.58. The Kier molecular flexibility index (Phi) is 8.15. The van der Waals surface area contributed by atoms with Crippen molar-refractivity contribution in [1.82, 2.24) is 10.4 Å². The standard InChI is InChI=1S/C29H31Cl2N3O3/c30-19-14-15-22(23(31)16-19)27-26(28(35)33-37-17-18-8-2-1-3-9-18)20-10-4-5-11-21(20)29(36)34(27)25-13-7-6-12-24(25)32/h1-5,8-11,14-16,24-28,33,35H,6-7,12-13,17,32H2/t24-,25-,26+,27-,28?/m0/s1. The molecule has 194 valence electrons. The number of nitrogens with two attached hydrogens (primary N) is 1. The maximum atomic E-state index is 14.1. The van der Waals surface area contributed by atoms with Gasteiger partial charge in [-0.1, -0.05) is 90.6 Å². The molecule has 0 bridgehead atoms. The van der Waals surface area contributed by atoms with Gasteiger partial charge < -0.3 is 15.7 Å². The number of aliphatic hydroxyl groups is 1. The highest BCUT2D eigenvalue weighted by Crippen LogP contribution is 2.48. The predicted molar refractivity (Wildman–Crippen MR) is 145 cm³/mol. The number of hydrogen-bond acceptors (Lipinski definition) is 5. The number of halogens is 2. The molecular weight excluding hydrogens is 509 g/mol. The highest BCUT2D eigenvalue weighted by Gasteiger charge is 2.48. The molecule has 5 rings (SSSR count). The zero-order valence-electron chi connectivity index (χ0n) is 20.4. The Morgan fingerprint density at radius 1 is 1.00 bits per heavy atom. The summed E-state index contributed by atoms with van der Waals surface area (Å²) < 4.78 is 0. The molecule has 37 heavy (non-hydrogen) atoms. The molecule has 2 aliphatic rings. The molecule has 5 atom stereocenters. The van der Waals surface area contributed by atoms with Crippen molar-refractivity contribution in [3.63, 3.8) is 0 Å². The van der Waals surface area contributed by atoms with Crippen LogP contribution >= 0.6 is 23.2 Å². The molecule has 1 aliphatic heterocycles. The number of fused-ring (bicyclic) bond motifs is 1. The van der Waals surface area contributed by atoms with Gasteiger partial charge in [0.15, 0.2) is 0 Å². The Hall–Kier alpha value is -2.45. The molecule has 1 fully saturated rings. The molecule has 1 amide bonds. The van der Waals surface area contributed by atoms with E-state index in [4.69, 9.17) is 33.8 Å². The van der Waals surface area contributed by atoms with Crippen LogP contribution in [-0.4, -0.2) is 34.2 Å². The third-order valence-electron chi connectivity index (χ3n) is 7.47. The zero-order chi connectivity index (χ0) is 25.9. The lowest BCUT2D eigenvalue weighted by molar-refractivity contribution is -0.0896. The van der Waals surface area contributed by atoms with Crippen LogP contribution in [0.25, 0.3) is 0 Å². The van der Waals surface area contributed by atoms with Gasteiger partial charge in [0.1, 0.15) is 6.23 Å². The van der Waals surface area contributed by atoms with Gasteiger partial charge in [-0.25, -0.2) is 0 Å². The molecule has 0 radical (unpaired) electrons. The lowest BCUT2D eigenvalue weighted by atomic mass is 9.76. The second kappa shape index (κ2) is 11.5. The van der Waals surface area contributed by atoms with Crippen molar-refractivity contribution in [2.75, 3.05) is 0 Å². The molecular formula is C29H31Cl2N3O3. The maximum absolute atomic E-state index is 14.1. The number of rotatable bonds is 7. The highest BCUT2D eigenvalue weighted by atomic mass is 35.5. The molecule has 0 saturated heterocycles. The smallest absolute Gasteiger partial charge is 0.254 e. The Bertz CT molecular complexity index is 1240. The average molecular weight is 540 g/mol. The Labute approximate surface area is 227 Å². The Balaban J connectivity index is 1.57. The van der Waals surface area contributed by atoms with Gasteiger partial charge in [-0.05, 0) is 47.7 Å². The van der Waals surface area contributed by atoms with E-state index in [0.717, 1.165) is 36.8 Å². The van der Waals surface area contributed by atoms with Gasteiger partial charge in [0.05, 0.1) is 18.6 Å². The molecule has 1 heterocycles. The second-order valence-corrected chi connectivity index (χ2v) is 10.6. The quantitative estimate of drug-likeness (QED) is 0.269. The first-order valence-electron chi connectivity index (χ1n) is 12.7. The third-order valence-corrected chi connectivity index (χ3v) is 8.03. The summed E-state index contributed by atoms with van der Waals surface area (Å²) in [5, 5.41) is 12.5. The number of nitrogens with one attached hydrogen (secondary N) is 1. The second-order valence-electron chi connectivity index (χ2n) is 9.79. The van der Waals surface area contributed by atoms with Gasteiger partial charge in [0.2, 0.25) is 0 Å². The number of nitrogens with zero attached hydrogens (tertiary/aromatic N) is 1. The zero-order valence-corrected chi connectivity index (χ0v) is 21.9. The van der Waals surface area contributed by atoms with Gasteiger partial charge >= 0.3 is 0 Å². The van der Waals surface area contributed by atoms with E-state index in [-0.39, 0.29) is 24.6 Å². The first-order chi connectivity index (χ1) is 18.0. The van der Waals surface area contributed by atoms with Gasteiger partial charge in [0.25, 0.3) is 5.91 Å². The van der Waals surface area contributed by atoms with Crippen molar-refractivity contribution in [2.45, 2.75) is 62.6 Å². The van der Waals surface area contributed by atoms with Crippen LogP contribution in [0.5, 0.6) is 0 Å². The fourth-order valence-electron chi connectivity index (χ4n) is 5.72. The topological polar surface area (TPSA) is 87.8 Å². The number of carbonyl (C=O) groups excluding carboxylic acids is 1. The van der Waals surface area contributed by atoms with Crippen molar-refractivity contribution < 1.29 is 14.7 Å². The summed E-state index contributed by atoms with van der Waals surface area (Å²) in [5.74, 6) is -0.680. The van der Waals surface area contributed by atoms with Gasteiger partial charge in [-0.3, -0.25) is 9.63 Å². The monoisotopic (exact) mass is 539 g/mol. The van der Waals surface area contributed by atoms with Crippen molar-refractivity contribution in [3.05, 3.63) is 105 Å². The average Bonchev–Trinajstić information content (AvgIpc) is 2.90. The van der Waals surface area contributed by atoms with Crippen molar-refractivity contribution in [3.8, 4) is 0 Å². The molecule has 1 saturated carbocycles. The van der Waals surface area contributed by atoms with Crippen LogP contribution in [0.1, 0.15) is 64.7 Å². The maximum Gasteiger partial charge on any atom is 0.254 e. The van der Waals surface area contributed by atoms with Crippen LogP contribution < -0.4 is 11.2 Å². The summed E-state index contributed by atoms with van der Waals surface area (Å²) in [6, 6.07) is 21.4. The summed E-state index contributed by atoms with van der Waals surface area (Å²) in [5.41, 5.74) is 12.4. The highest BCUT2D eigenvalue weighted by molar-refractivity contribution is 6.35. The minimum atomic E-state index is -1.14. The van der Waals surface area contributed by atoms with Gasteiger partial charge in [-0.15, -0.1) is 0 Å². The lowest BCUT2D eigenvalue weighted by Gasteiger charge is -2.50. The molecule has 1 unspecified atom stereocenters. The van der Waals surface area contributed by atoms with Gasteiger partial charge in [-0.2, -0.15) is 5.48 Å². The molecule has 0 aromatic heterocycles. The summed E-state index contributed by atoms with van der Waals surface area (Å²) in [6.07, 6.45) is 2.50. The van der Waals surface area contributed by atoms with E-state index < -0.39 is 18.2 Å². The van der Waals surface area contributed by atoms with Gasteiger partial charge in [0, 0.05) is 27.7 Å². The number of amides is 1. The van der Waals surface area contributed by atoms with Crippen LogP contribution in [0.3, 0.4) is 0 Å². The number of hydroxylamine groups is 1. The number of benzene rings is 3. The molecule has 3 aromatic rings. The van der Waals surface area contributed by atoms with E-state index >= 15 is 0 Å². The van der Waals surface area contributed by atoms with E-state index in [9.17, 15) is 9.90 Å². The summed E-state index contributed by atoms with van der Waals surface area (Å²) in [7, 11) is 0. The summed E-state index contributed by atoms with van der Waals surface area (Å²) in [4.78, 5) is 21.6. The fraction of sp³-hybridized carbons (Fsp3) is 0.345. The normalized spacial score (nSPS) is 24.5. The SMILES string of the molecule is N[C@H]1CCCC[C@@H]1N1C(=O)c2ccccc2[C@@H](C(O)NOCc2ccccc2)[C@@H]1c1ccc(Cl)cc1Cl. The van der Waals surface area contributed by atoms with Crippen LogP contribution in [0, 0.1) is 0 Å². The number of aliphatic hydroxyl groups excluding tert-OH is 1. The summed E-state index contributed by atoms with van der Waals surface area (Å²) in [6.45, 7) is 0.273. The third kappa shape index (κ3) is 5.41. The Morgan fingerprint density at radius 2 is 1.73 bits per heavy atom. The van der Waals surface area contributed by atoms with Crippen LogP contribution in [0.2, 0.25) is 10.0 Å². The summed E-state index contributed by atoms with van der Waals surface area (Å²) >= 11 is 13.0. The minimum Gasteiger partial charge on any atom is -0.376 e. The first-order valence-corrected chi connectivity index (χ1v) is 13.4. The lowest BCUT2D eigenvalue weighted by Crippen LogP contribution is -2.58. The van der Waals surface area contributed by atoms with Crippen LogP contribution in [0.15, 0.2) is 72.8 Å². The number of hydrogen-bond donors (Lipinski definition) is 3. The van der Waals surface area contributed by atoms with Crippen LogP contribution in [-0.2, 0) is 11.4 Å². The molecule has 8 heteroatoms. The molecule has 6 nitrogen and oxygen atoms in total. The number of carbonyl (C=O) groups is 1. The van der Waals surface area contributed by atoms with E-state index in [1.54, 1.807) is 12.1 Å². The molecule has 0 spiro atoms. The van der Waals surface area contributed by atoms with Crippen molar-refractivity contribution >= 4 is 29.1 Å². The Morgan fingerprint density at radius 3 is 2.49 bits per heavy atom. The largest absolute Gasteiger partial charge is 0.376 e. The van der Waals surface area contributed by atoms with Crippen molar-refractivity contribution in [2.24, 2.45) is 5.73 Å². The van der Waals surface area contributed by atoms with E-state index in [0.29, 0.717) is 21.2 Å². The molecule has 3 aromatic carbocycles. The van der Waals surface area contributed by atoms with Crippen molar-refractivity contribution in [1.29, 1.82) is 0 Å². The van der Waals surface area contributed by atoms with E-state index in [2.05, 4.69) is 5.48 Å². The molecule has 1 aliphatic carbocycles. The first kappa shape index (κ1) is 26.2. The van der Waals surface area contributed by atoms with Crippen LogP contribution in [0.4, 0.5) is 0 Å².